The summed E-state index contributed by atoms with van der Waals surface area (Å²) < 4.78 is 23.8. The van der Waals surface area contributed by atoms with Gasteiger partial charge in [0.2, 0.25) is 5.91 Å². The van der Waals surface area contributed by atoms with Crippen molar-refractivity contribution in [1.29, 1.82) is 0 Å². The molecule has 0 aliphatic rings. The van der Waals surface area contributed by atoms with Crippen molar-refractivity contribution in [2.24, 2.45) is 0 Å². The zero-order chi connectivity index (χ0) is 61.2. The number of carbonyl (C=O) groups excluding carboxylic acids is 1. The molecule has 0 aromatic heterocycles. The van der Waals surface area contributed by atoms with Gasteiger partial charge < -0.3 is 19.8 Å². The molecular weight excluding hydrogens is 1060 g/mol. The van der Waals surface area contributed by atoms with Crippen molar-refractivity contribution in [2.45, 2.75) is 283 Å². The van der Waals surface area contributed by atoms with E-state index in [1.807, 2.05) is 27.2 Å². The summed E-state index contributed by atoms with van der Waals surface area (Å²) in [7, 11) is 1.55. The third-order valence-corrected chi connectivity index (χ3v) is 15.5. The lowest BCUT2D eigenvalue weighted by molar-refractivity contribution is -0.870. The molecule has 3 atom stereocenters. The molecule has 3 unspecified atom stereocenters. The van der Waals surface area contributed by atoms with Gasteiger partial charge in [0.1, 0.15) is 13.2 Å². The van der Waals surface area contributed by atoms with E-state index in [2.05, 4.69) is 153 Å². The van der Waals surface area contributed by atoms with E-state index in [0.717, 1.165) is 122 Å². The predicted octanol–water partition coefficient (Wildman–Crippen LogP) is 22.0. The van der Waals surface area contributed by atoms with E-state index in [1.54, 1.807) is 6.08 Å². The Morgan fingerprint density at radius 3 is 1.05 bits per heavy atom. The molecule has 84 heavy (non-hydrogen) atoms. The van der Waals surface area contributed by atoms with E-state index in [4.69, 9.17) is 9.05 Å². The van der Waals surface area contributed by atoms with Crippen LogP contribution in [0.25, 0.3) is 0 Å². The molecule has 0 aliphatic heterocycles. The van der Waals surface area contributed by atoms with Crippen LogP contribution in [0.1, 0.15) is 271 Å². The van der Waals surface area contributed by atoms with Gasteiger partial charge in [-0.2, -0.15) is 0 Å². The highest BCUT2D eigenvalue weighted by Crippen LogP contribution is 2.43. The Morgan fingerprint density at radius 1 is 0.417 bits per heavy atom. The van der Waals surface area contributed by atoms with Crippen LogP contribution in [0.3, 0.4) is 0 Å². The fourth-order valence-corrected chi connectivity index (χ4v) is 10.0. The number of hydrogen-bond acceptors (Lipinski definition) is 5. The number of nitrogens with zero attached hydrogens (tertiary/aromatic N) is 1. The van der Waals surface area contributed by atoms with Crippen molar-refractivity contribution >= 4 is 13.7 Å². The van der Waals surface area contributed by atoms with Gasteiger partial charge in [0.05, 0.1) is 39.9 Å². The number of unbranched alkanes of at least 4 members (excludes halogenated alkanes) is 26. The third-order valence-electron chi connectivity index (χ3n) is 14.6. The molecule has 3 N–H and O–H groups in total. The summed E-state index contributed by atoms with van der Waals surface area (Å²) in [4.78, 5) is 23.4. The molecule has 0 saturated carbocycles. The predicted molar refractivity (Wildman–Crippen MR) is 368 cm³/mol. The molecule has 0 heterocycles. The first-order chi connectivity index (χ1) is 41.0. The second-order valence-corrected chi connectivity index (χ2v) is 25.3. The van der Waals surface area contributed by atoms with E-state index in [0.29, 0.717) is 17.4 Å². The lowest BCUT2D eigenvalue weighted by Crippen LogP contribution is -2.45. The Kier molecular flexibility index (Phi) is 61.1. The number of carbonyl (C=O) groups is 1. The van der Waals surface area contributed by atoms with Gasteiger partial charge in [-0.25, -0.2) is 4.57 Å². The maximum absolute atomic E-state index is 13.0. The van der Waals surface area contributed by atoms with Crippen molar-refractivity contribution < 1.29 is 32.9 Å². The molecule has 1 amide bonds. The average Bonchev–Trinajstić information content (AvgIpc) is 3.56. The first kappa shape index (κ1) is 80.4. The van der Waals surface area contributed by atoms with Gasteiger partial charge in [0.25, 0.3) is 0 Å². The first-order valence-electron chi connectivity index (χ1n) is 34.2. The number of amides is 1. The second kappa shape index (κ2) is 63.9. The number of allylic oxidation sites excluding steroid dienone is 23. The van der Waals surface area contributed by atoms with Gasteiger partial charge in [-0.3, -0.25) is 13.8 Å². The second-order valence-electron chi connectivity index (χ2n) is 23.8. The number of phosphoric ester groups is 1. The number of rotatable bonds is 61. The number of quaternary nitrogens is 1. The van der Waals surface area contributed by atoms with Crippen LogP contribution in [-0.4, -0.2) is 73.4 Å². The molecule has 0 spiro atoms. The number of aliphatic hydroxyl groups excluding tert-OH is 1. The maximum Gasteiger partial charge on any atom is 0.472 e. The summed E-state index contributed by atoms with van der Waals surface area (Å²) in [6.07, 6.45) is 98.3. The van der Waals surface area contributed by atoms with Crippen molar-refractivity contribution in [3.05, 3.63) is 146 Å². The zero-order valence-electron chi connectivity index (χ0n) is 54.8. The van der Waals surface area contributed by atoms with Gasteiger partial charge in [0.15, 0.2) is 0 Å². The minimum atomic E-state index is -4.36. The van der Waals surface area contributed by atoms with E-state index in [-0.39, 0.29) is 19.1 Å². The Balaban J connectivity index is 4.16. The monoisotopic (exact) mass is 1190 g/mol. The summed E-state index contributed by atoms with van der Waals surface area (Å²) in [5, 5.41) is 14.0. The fraction of sp³-hybridized carbons (Fsp3) is 0.667. The summed E-state index contributed by atoms with van der Waals surface area (Å²) in [5.41, 5.74) is 0. The summed E-state index contributed by atoms with van der Waals surface area (Å²) in [6, 6.07) is -0.864. The van der Waals surface area contributed by atoms with Crippen LogP contribution in [-0.2, 0) is 18.4 Å². The normalized spacial score (nSPS) is 14.6. The SMILES string of the molecule is CC/C=C\C/C=C\C/C=C\C/C=C\C/C=C\C/C=C\C/C=C\C/C=C\C/C=C\C/C=C\C/C=C\CCCCCCCCCC(=O)NC(COP(=O)(O)OCC[N+](C)(C)C)C(O)/C=C/CCCCCCCCCCCCCCCCCCCCC. The highest BCUT2D eigenvalue weighted by atomic mass is 31.2. The van der Waals surface area contributed by atoms with Crippen LogP contribution < -0.4 is 5.32 Å². The number of aliphatic hydroxyl groups is 1. The molecule has 0 aromatic rings. The number of nitrogens with one attached hydrogen (secondary N) is 1. The van der Waals surface area contributed by atoms with Crippen molar-refractivity contribution in [2.75, 3.05) is 40.9 Å². The van der Waals surface area contributed by atoms with E-state index in [9.17, 15) is 19.4 Å². The van der Waals surface area contributed by atoms with Crippen LogP contribution in [0.5, 0.6) is 0 Å². The first-order valence-corrected chi connectivity index (χ1v) is 35.7. The quantitative estimate of drug-likeness (QED) is 0.0243. The van der Waals surface area contributed by atoms with Crippen LogP contribution in [0.15, 0.2) is 146 Å². The van der Waals surface area contributed by atoms with E-state index >= 15 is 0 Å². The number of hydrogen-bond donors (Lipinski definition) is 3. The zero-order valence-corrected chi connectivity index (χ0v) is 55.7. The van der Waals surface area contributed by atoms with Crippen LogP contribution >= 0.6 is 7.82 Å². The van der Waals surface area contributed by atoms with Crippen LogP contribution in [0.4, 0.5) is 0 Å². The van der Waals surface area contributed by atoms with Crippen LogP contribution in [0, 0.1) is 0 Å². The highest BCUT2D eigenvalue weighted by molar-refractivity contribution is 7.47. The standard InChI is InChI=1S/C75H129N2O6P/c1-6-8-10-12-14-16-18-20-22-24-26-28-29-30-31-32-33-34-35-36-37-38-39-40-41-42-43-44-45-46-47-49-51-53-55-57-59-61-63-65-67-69-75(79)76-73(72-83-84(80,81)82-71-70-77(3,4)5)74(78)68-66-64-62-60-58-56-54-52-50-48-27-25-23-21-19-17-15-13-11-9-7-2/h8,10,14,16,20,22,26,28,30-31,33-34,36-37,39-40,42-43,45-46,49,51,66,68,73-74,78H,6-7,9,11-13,15,17-19,21,23-25,27,29,32,35,38,41,44,47-48,50,52-65,67,69-72H2,1-5H3,(H-,76,79,80,81)/p+1/b10-8-,16-14-,22-20-,28-26-,31-30-,34-33-,37-36-,40-39-,43-42-,46-45-,51-49-,68-66+. The fourth-order valence-electron chi connectivity index (χ4n) is 9.28. The van der Waals surface area contributed by atoms with Crippen LogP contribution in [0.2, 0.25) is 0 Å². The number of likely N-dealkylation sites (N-methyl/N-ethyl adjacent to an activating group) is 1. The van der Waals surface area contributed by atoms with Gasteiger partial charge in [-0.15, -0.1) is 0 Å². The van der Waals surface area contributed by atoms with E-state index in [1.165, 1.54) is 128 Å². The summed E-state index contributed by atoms with van der Waals surface area (Å²) >= 11 is 0. The molecule has 0 rings (SSSR count). The Morgan fingerprint density at radius 2 is 0.714 bits per heavy atom. The van der Waals surface area contributed by atoms with Gasteiger partial charge in [-0.1, -0.05) is 307 Å². The summed E-state index contributed by atoms with van der Waals surface area (Å²) in [6.45, 7) is 4.70. The molecule has 0 fully saturated rings. The maximum atomic E-state index is 13.0. The molecular formula is C75H130N2O6P+. The third kappa shape index (κ3) is 65.9. The Hall–Kier alpha value is -3.62. The molecule has 9 heteroatoms. The molecule has 480 valence electrons. The largest absolute Gasteiger partial charge is 0.472 e. The minimum Gasteiger partial charge on any atom is -0.387 e. The minimum absolute atomic E-state index is 0.0526. The van der Waals surface area contributed by atoms with E-state index < -0.39 is 20.0 Å². The molecule has 8 nitrogen and oxygen atoms in total. The molecule has 0 bridgehead atoms. The van der Waals surface area contributed by atoms with Gasteiger partial charge in [0, 0.05) is 6.42 Å². The lowest BCUT2D eigenvalue weighted by Gasteiger charge is -2.25. The molecule has 0 saturated heterocycles. The summed E-state index contributed by atoms with van der Waals surface area (Å²) in [5.74, 6) is -0.192. The van der Waals surface area contributed by atoms with Crippen molar-refractivity contribution in [1.82, 2.24) is 5.32 Å². The molecule has 0 radical (unpaired) electrons. The Bertz CT molecular complexity index is 1880. The molecule has 0 aromatic carbocycles. The average molecular weight is 1190 g/mol. The topological polar surface area (TPSA) is 105 Å². The molecule has 0 aliphatic carbocycles. The lowest BCUT2D eigenvalue weighted by atomic mass is 10.0. The van der Waals surface area contributed by atoms with Crippen molar-refractivity contribution in [3.63, 3.8) is 0 Å². The highest BCUT2D eigenvalue weighted by Gasteiger charge is 2.28. The van der Waals surface area contributed by atoms with Crippen molar-refractivity contribution in [3.8, 4) is 0 Å². The smallest absolute Gasteiger partial charge is 0.387 e. The van der Waals surface area contributed by atoms with Gasteiger partial charge in [-0.05, 0) is 103 Å². The van der Waals surface area contributed by atoms with Gasteiger partial charge >= 0.3 is 7.82 Å². The Labute approximate surface area is 519 Å². The number of phosphoric acid groups is 1.